The fourth-order valence-corrected chi connectivity index (χ4v) is 7.37. The summed E-state index contributed by atoms with van der Waals surface area (Å²) in [7, 11) is 0. The van der Waals surface area contributed by atoms with Gasteiger partial charge >= 0.3 is 5.97 Å². The van der Waals surface area contributed by atoms with Crippen molar-refractivity contribution in [2.24, 2.45) is 11.8 Å². The zero-order chi connectivity index (χ0) is 30.8. The van der Waals surface area contributed by atoms with E-state index in [9.17, 15) is 19.5 Å². The summed E-state index contributed by atoms with van der Waals surface area (Å²) in [6, 6.07) is 14.6. The van der Waals surface area contributed by atoms with E-state index in [1.54, 1.807) is 41.3 Å². The Morgan fingerprint density at radius 1 is 1.16 bits per heavy atom. The van der Waals surface area contributed by atoms with Gasteiger partial charge in [-0.1, -0.05) is 54.1 Å². The van der Waals surface area contributed by atoms with Crippen molar-refractivity contribution < 1.29 is 29.0 Å². The van der Waals surface area contributed by atoms with E-state index in [-0.39, 0.29) is 31.6 Å². The van der Waals surface area contributed by atoms with Gasteiger partial charge in [0.25, 0.3) is 5.91 Å². The minimum atomic E-state index is -1.26. The molecule has 3 aliphatic rings. The first kappa shape index (κ1) is 31.0. The van der Waals surface area contributed by atoms with E-state index in [1.807, 2.05) is 37.3 Å². The average molecular weight is 607 g/mol. The summed E-state index contributed by atoms with van der Waals surface area (Å²) in [5.74, 6) is -3.04. The van der Waals surface area contributed by atoms with Crippen LogP contribution in [0.2, 0.25) is 5.02 Å². The maximum atomic E-state index is 14.8. The third-order valence-corrected chi connectivity index (χ3v) is 9.39. The van der Waals surface area contributed by atoms with Gasteiger partial charge in [-0.25, -0.2) is 0 Å². The number of allylic oxidation sites excluding steroid dienone is 1. The Kier molecular flexibility index (Phi) is 9.11. The predicted octanol–water partition coefficient (Wildman–Crippen LogP) is 4.74. The number of anilines is 1. The van der Waals surface area contributed by atoms with Gasteiger partial charge in [-0.3, -0.25) is 14.4 Å². The number of rotatable bonds is 13. The predicted molar refractivity (Wildman–Crippen MR) is 164 cm³/mol. The van der Waals surface area contributed by atoms with Crippen LogP contribution in [0.3, 0.4) is 0 Å². The van der Waals surface area contributed by atoms with Crippen molar-refractivity contribution in [1.82, 2.24) is 4.90 Å². The van der Waals surface area contributed by atoms with Gasteiger partial charge in [0.2, 0.25) is 5.91 Å². The number of esters is 1. The number of unbranched alkanes of at least 4 members (excludes halogenated alkanes) is 1. The normalized spacial score (nSPS) is 27.9. The largest absolute Gasteiger partial charge is 0.465 e. The topological polar surface area (TPSA) is 96.4 Å². The molecule has 2 amide bonds. The molecule has 2 bridgehead atoms. The van der Waals surface area contributed by atoms with Crippen molar-refractivity contribution in [3.8, 4) is 0 Å². The van der Waals surface area contributed by atoms with Crippen LogP contribution in [-0.4, -0.2) is 70.8 Å². The molecule has 0 aliphatic carbocycles. The molecule has 0 saturated carbocycles. The highest BCUT2D eigenvalue weighted by Gasteiger charge is 2.79. The lowest BCUT2D eigenvalue weighted by molar-refractivity contribution is -0.160. The van der Waals surface area contributed by atoms with Gasteiger partial charge in [-0.2, -0.15) is 0 Å². The summed E-state index contributed by atoms with van der Waals surface area (Å²) in [6.45, 7) is 9.41. The first-order valence-electron chi connectivity index (χ1n) is 14.8. The van der Waals surface area contributed by atoms with E-state index in [0.717, 1.165) is 5.56 Å². The number of carbonyl (C=O) groups excluding carboxylic acids is 3. The molecule has 6 atom stereocenters. The van der Waals surface area contributed by atoms with Gasteiger partial charge in [-0.05, 0) is 68.9 Å². The van der Waals surface area contributed by atoms with Gasteiger partial charge < -0.3 is 24.4 Å². The molecule has 0 radical (unpaired) electrons. The van der Waals surface area contributed by atoms with Crippen molar-refractivity contribution in [2.75, 3.05) is 24.7 Å². The fraction of sp³-hybridized carbons (Fsp3) is 0.441. The zero-order valence-electron chi connectivity index (χ0n) is 24.5. The second-order valence-electron chi connectivity index (χ2n) is 11.8. The van der Waals surface area contributed by atoms with Crippen molar-refractivity contribution in [1.29, 1.82) is 0 Å². The third kappa shape index (κ3) is 5.52. The molecular weight excluding hydrogens is 568 g/mol. The van der Waals surface area contributed by atoms with Crippen LogP contribution in [0.5, 0.6) is 0 Å². The highest BCUT2D eigenvalue weighted by atomic mass is 35.5. The Morgan fingerprint density at radius 3 is 2.53 bits per heavy atom. The third-order valence-electron chi connectivity index (χ3n) is 9.13. The van der Waals surface area contributed by atoms with Gasteiger partial charge in [0.15, 0.2) is 0 Å². The Bertz CT molecular complexity index is 1370. The van der Waals surface area contributed by atoms with Crippen LogP contribution < -0.4 is 4.90 Å². The van der Waals surface area contributed by atoms with Crippen LogP contribution in [0, 0.1) is 11.8 Å². The average Bonchev–Trinajstić information content (AvgIpc) is 3.58. The Hall–Kier alpha value is -3.46. The Morgan fingerprint density at radius 2 is 1.88 bits per heavy atom. The molecule has 8 nitrogen and oxygen atoms in total. The summed E-state index contributed by atoms with van der Waals surface area (Å²) < 4.78 is 12.4. The summed E-state index contributed by atoms with van der Waals surface area (Å²) in [5, 5.41) is 11.2. The first-order chi connectivity index (χ1) is 20.7. The quantitative estimate of drug-likeness (QED) is 0.201. The van der Waals surface area contributed by atoms with Crippen LogP contribution in [0.4, 0.5) is 5.69 Å². The number of ether oxygens (including phenoxy) is 2. The number of carbonyl (C=O) groups is 3. The second-order valence-corrected chi connectivity index (χ2v) is 12.2. The number of aliphatic hydroxyl groups excluding tert-OH is 1. The molecule has 3 heterocycles. The highest BCUT2D eigenvalue weighted by Crippen LogP contribution is 2.63. The Labute approximate surface area is 257 Å². The number of nitrogens with zero attached hydrogens (tertiary/aromatic N) is 2. The molecule has 5 rings (SSSR count). The number of aliphatic hydroxyl groups is 1. The van der Waals surface area contributed by atoms with Gasteiger partial charge in [-0.15, -0.1) is 13.2 Å². The van der Waals surface area contributed by atoms with Crippen LogP contribution in [0.25, 0.3) is 0 Å². The molecule has 2 aromatic rings. The standard InChI is InChI=1S/C34H39ClN2O6/c1-4-6-10-20-42-32(41)28-27-30(39)37(26(22-38)21-23-11-8-7-9-12-23)29(34(27)18-17-33(28,3)43-34)31(40)36(19-5-2)25-15-13-24(35)14-16-25/h4-5,7-9,11-16,26-29,38H,1-2,6,10,17-22H2,3H3/t26-,27+,28+,29?,33-,34?/m1/s1. The molecule has 3 aliphatic heterocycles. The molecular formula is C34H39ClN2O6. The van der Waals surface area contributed by atoms with Gasteiger partial charge in [0.1, 0.15) is 17.6 Å². The van der Waals surface area contributed by atoms with Crippen LogP contribution in [0.1, 0.15) is 38.2 Å². The lowest BCUT2D eigenvalue weighted by Gasteiger charge is -2.39. The Balaban J connectivity index is 1.58. The number of fused-ring (bicyclic) bond motifs is 1. The maximum absolute atomic E-state index is 14.8. The molecule has 0 aromatic heterocycles. The lowest BCUT2D eigenvalue weighted by Crippen LogP contribution is -2.59. The SMILES string of the molecule is C=CCCCOC(=O)[C@@H]1[C@H]2C(=O)N([C@@H](CO)Cc3ccccc3)C(C(=O)N(CC=C)c3ccc(Cl)cc3)C23CC[C@@]1(C)O3. The van der Waals surface area contributed by atoms with Crippen molar-refractivity contribution in [3.05, 3.63) is 90.5 Å². The summed E-state index contributed by atoms with van der Waals surface area (Å²) >= 11 is 6.14. The van der Waals surface area contributed by atoms with E-state index in [4.69, 9.17) is 21.1 Å². The minimum Gasteiger partial charge on any atom is -0.465 e. The molecule has 2 unspecified atom stereocenters. The molecule has 3 saturated heterocycles. The number of hydrogen-bond donors (Lipinski definition) is 1. The van der Waals surface area contributed by atoms with E-state index >= 15 is 0 Å². The first-order valence-corrected chi connectivity index (χ1v) is 15.2. The molecule has 2 aromatic carbocycles. The lowest BCUT2D eigenvalue weighted by atomic mass is 9.66. The van der Waals surface area contributed by atoms with Gasteiger partial charge in [0.05, 0.1) is 30.8 Å². The molecule has 9 heteroatoms. The number of likely N-dealkylation sites (tertiary alicyclic amines) is 1. The second kappa shape index (κ2) is 12.6. The smallest absolute Gasteiger partial charge is 0.312 e. The summed E-state index contributed by atoms with van der Waals surface area (Å²) in [5.41, 5.74) is -0.727. The fourth-order valence-electron chi connectivity index (χ4n) is 7.24. The van der Waals surface area contributed by atoms with Crippen LogP contribution >= 0.6 is 11.6 Å². The molecule has 1 N–H and O–H groups in total. The zero-order valence-corrected chi connectivity index (χ0v) is 25.2. The number of benzene rings is 2. The van der Waals surface area contributed by atoms with E-state index < -0.39 is 41.1 Å². The van der Waals surface area contributed by atoms with Crippen molar-refractivity contribution in [3.63, 3.8) is 0 Å². The highest BCUT2D eigenvalue weighted by molar-refractivity contribution is 6.30. The molecule has 228 valence electrons. The summed E-state index contributed by atoms with van der Waals surface area (Å²) in [4.78, 5) is 46.0. The van der Waals surface area contributed by atoms with Gasteiger partial charge in [0, 0.05) is 17.3 Å². The number of hydrogen-bond acceptors (Lipinski definition) is 6. The maximum Gasteiger partial charge on any atom is 0.312 e. The van der Waals surface area contributed by atoms with Crippen LogP contribution in [-0.2, 0) is 30.3 Å². The summed E-state index contributed by atoms with van der Waals surface area (Å²) in [6.07, 6.45) is 5.93. The minimum absolute atomic E-state index is 0.175. The van der Waals surface area contributed by atoms with E-state index in [0.29, 0.717) is 42.8 Å². The molecule has 1 spiro atoms. The monoisotopic (exact) mass is 606 g/mol. The van der Waals surface area contributed by atoms with Crippen molar-refractivity contribution in [2.45, 2.75) is 62.3 Å². The molecule has 43 heavy (non-hydrogen) atoms. The number of halogens is 1. The molecule has 3 fully saturated rings. The van der Waals surface area contributed by atoms with E-state index in [1.165, 1.54) is 4.90 Å². The van der Waals surface area contributed by atoms with Crippen LogP contribution in [0.15, 0.2) is 79.9 Å². The number of amides is 2. The van der Waals surface area contributed by atoms with E-state index in [2.05, 4.69) is 13.2 Å². The van der Waals surface area contributed by atoms with Crippen molar-refractivity contribution >= 4 is 35.1 Å².